The molecule has 0 saturated carbocycles. The molecule has 1 atom stereocenters. The van der Waals surface area contributed by atoms with Gasteiger partial charge >= 0.3 is 12.1 Å². The average molecular weight is 546 g/mol. The van der Waals surface area contributed by atoms with Crippen LogP contribution in [0.2, 0.25) is 0 Å². The van der Waals surface area contributed by atoms with Gasteiger partial charge in [0.1, 0.15) is 28.7 Å². The van der Waals surface area contributed by atoms with Crippen molar-refractivity contribution in [1.82, 2.24) is 5.32 Å². The van der Waals surface area contributed by atoms with Gasteiger partial charge < -0.3 is 19.5 Å². The van der Waals surface area contributed by atoms with Crippen LogP contribution in [0.1, 0.15) is 48.7 Å². The Kier molecular flexibility index (Phi) is 7.59. The third-order valence-corrected chi connectivity index (χ3v) is 5.95. The van der Waals surface area contributed by atoms with Gasteiger partial charge in [-0.25, -0.2) is 9.18 Å². The van der Waals surface area contributed by atoms with Crippen molar-refractivity contribution in [2.75, 3.05) is 13.7 Å². The van der Waals surface area contributed by atoms with E-state index in [9.17, 15) is 27.2 Å². The van der Waals surface area contributed by atoms with Crippen LogP contribution < -0.4 is 5.32 Å². The molecule has 1 aliphatic carbocycles. The predicted octanol–water partition coefficient (Wildman–Crippen LogP) is 6.16. The summed E-state index contributed by atoms with van der Waals surface area (Å²) in [5.41, 5.74) is 0.904. The summed E-state index contributed by atoms with van der Waals surface area (Å²) < 4.78 is 69.5. The van der Waals surface area contributed by atoms with Crippen molar-refractivity contribution in [2.45, 2.75) is 39.0 Å². The topological polar surface area (TPSA) is 73.9 Å². The molecular weight excluding hydrogens is 518 g/mol. The molecule has 206 valence electrons. The van der Waals surface area contributed by atoms with Gasteiger partial charge in [0.15, 0.2) is 6.61 Å². The molecule has 2 aliphatic rings. The Morgan fingerprint density at radius 3 is 2.36 bits per heavy atom. The minimum atomic E-state index is -4.60. The number of halogens is 4. The lowest BCUT2D eigenvalue weighted by Crippen LogP contribution is -2.26. The number of ether oxygens (including phenoxy) is 3. The van der Waals surface area contributed by atoms with Crippen LogP contribution in [0.4, 0.5) is 17.6 Å². The smallest absolute Gasteiger partial charge is 0.422 e. The molecule has 6 nitrogen and oxygen atoms in total. The number of allylic oxidation sites excluding steroid dienone is 3. The minimum absolute atomic E-state index is 0.0459. The number of amides is 1. The van der Waals surface area contributed by atoms with Crippen molar-refractivity contribution < 1.29 is 41.4 Å². The molecule has 0 saturated heterocycles. The van der Waals surface area contributed by atoms with Crippen LogP contribution in [-0.4, -0.2) is 37.3 Å². The molecule has 1 heterocycles. The molecule has 10 heteroatoms. The SMILES string of the molecule is CNC(=O)C1=C(c2ccc(F)cc2)OC2=CC(OCC(F)(F)F)=C(c3cccc(C(=O)OC(C)(C)C)c3)CC21. The maximum atomic E-state index is 13.5. The van der Waals surface area contributed by atoms with Crippen molar-refractivity contribution >= 4 is 23.2 Å². The van der Waals surface area contributed by atoms with E-state index in [2.05, 4.69) is 5.32 Å². The second-order valence-corrected chi connectivity index (χ2v) is 10.1. The summed E-state index contributed by atoms with van der Waals surface area (Å²) >= 11 is 0. The lowest BCUT2D eigenvalue weighted by atomic mass is 9.83. The monoisotopic (exact) mass is 545 g/mol. The number of likely N-dealkylation sites (N-methyl/N-ethyl adjacent to an activating group) is 1. The Bertz CT molecular complexity index is 1380. The van der Waals surface area contributed by atoms with E-state index in [0.717, 1.165) is 0 Å². The van der Waals surface area contributed by atoms with Crippen LogP contribution >= 0.6 is 0 Å². The van der Waals surface area contributed by atoms with Crippen molar-refractivity contribution in [3.8, 4) is 0 Å². The fraction of sp³-hybridized carbons (Fsp3) is 0.310. The molecule has 2 aromatic rings. The highest BCUT2D eigenvalue weighted by Gasteiger charge is 2.41. The van der Waals surface area contributed by atoms with Gasteiger partial charge in [-0.1, -0.05) is 12.1 Å². The van der Waals surface area contributed by atoms with Crippen LogP contribution in [0.15, 0.2) is 71.7 Å². The summed E-state index contributed by atoms with van der Waals surface area (Å²) in [5, 5.41) is 2.57. The second kappa shape index (κ2) is 10.6. The molecule has 39 heavy (non-hydrogen) atoms. The average Bonchev–Trinajstić information content (AvgIpc) is 3.24. The highest BCUT2D eigenvalue weighted by Crippen LogP contribution is 2.48. The van der Waals surface area contributed by atoms with E-state index in [1.54, 1.807) is 39.0 Å². The van der Waals surface area contributed by atoms with Crippen molar-refractivity contribution in [2.24, 2.45) is 5.92 Å². The highest BCUT2D eigenvalue weighted by atomic mass is 19.4. The molecule has 0 fully saturated rings. The summed E-state index contributed by atoms with van der Waals surface area (Å²) in [5.74, 6) is -1.90. The molecule has 1 N–H and O–H groups in total. The summed E-state index contributed by atoms with van der Waals surface area (Å²) in [6, 6.07) is 11.6. The van der Waals surface area contributed by atoms with Gasteiger partial charge in [-0.05, 0) is 69.2 Å². The van der Waals surface area contributed by atoms with Gasteiger partial charge in [-0.3, -0.25) is 4.79 Å². The number of carbonyl (C=O) groups is 2. The number of hydrogen-bond acceptors (Lipinski definition) is 5. The number of alkyl halides is 3. The molecule has 2 aromatic carbocycles. The molecule has 0 bridgehead atoms. The zero-order valence-electron chi connectivity index (χ0n) is 21.7. The van der Waals surface area contributed by atoms with E-state index in [-0.39, 0.29) is 34.8 Å². The summed E-state index contributed by atoms with van der Waals surface area (Å²) in [6.07, 6.45) is -3.23. The van der Waals surface area contributed by atoms with E-state index in [0.29, 0.717) is 16.7 Å². The molecule has 0 radical (unpaired) electrons. The Labute approximate surface area is 222 Å². The normalized spacial score (nSPS) is 17.3. The number of nitrogens with one attached hydrogen (secondary N) is 1. The van der Waals surface area contributed by atoms with Gasteiger partial charge in [0.2, 0.25) is 0 Å². The standard InChI is InChI=1S/C29H27F4NO5/c1-28(2,3)39-27(36)18-7-5-6-17(12-18)20-13-21-23(14-22(20)37-15-29(31,32)33)38-25(24(21)26(35)34-4)16-8-10-19(30)11-9-16/h5-12,14,21H,13,15H2,1-4H3,(H,34,35). The first-order valence-electron chi connectivity index (χ1n) is 12.1. The first-order chi connectivity index (χ1) is 18.3. The fourth-order valence-corrected chi connectivity index (χ4v) is 4.33. The van der Waals surface area contributed by atoms with E-state index in [1.165, 1.54) is 43.5 Å². The van der Waals surface area contributed by atoms with Crippen molar-refractivity contribution in [3.05, 3.63) is 94.2 Å². The zero-order valence-corrected chi connectivity index (χ0v) is 21.7. The van der Waals surface area contributed by atoms with Crippen LogP contribution in [0.3, 0.4) is 0 Å². The van der Waals surface area contributed by atoms with E-state index >= 15 is 0 Å². The number of esters is 1. The number of carbonyl (C=O) groups excluding carboxylic acids is 2. The number of benzene rings is 2. The molecule has 0 spiro atoms. The molecule has 4 rings (SSSR count). The first-order valence-corrected chi connectivity index (χ1v) is 12.1. The zero-order chi connectivity index (χ0) is 28.5. The largest absolute Gasteiger partial charge is 0.484 e. The lowest BCUT2D eigenvalue weighted by molar-refractivity contribution is -0.163. The van der Waals surface area contributed by atoms with Gasteiger partial charge in [0.05, 0.1) is 17.1 Å². The van der Waals surface area contributed by atoms with Gasteiger partial charge in [0.25, 0.3) is 5.91 Å². The van der Waals surface area contributed by atoms with Crippen LogP contribution in [0.25, 0.3) is 11.3 Å². The molecular formula is C29H27F4NO5. The molecule has 1 aliphatic heterocycles. The predicted molar refractivity (Wildman–Crippen MR) is 135 cm³/mol. The van der Waals surface area contributed by atoms with Gasteiger partial charge in [-0.2, -0.15) is 13.2 Å². The highest BCUT2D eigenvalue weighted by molar-refractivity contribution is 6.03. The van der Waals surface area contributed by atoms with Crippen molar-refractivity contribution in [1.29, 1.82) is 0 Å². The van der Waals surface area contributed by atoms with Crippen molar-refractivity contribution in [3.63, 3.8) is 0 Å². The maximum absolute atomic E-state index is 13.5. The third-order valence-electron chi connectivity index (χ3n) is 5.95. The quantitative estimate of drug-likeness (QED) is 0.348. The number of rotatable bonds is 6. The fourth-order valence-electron chi connectivity index (χ4n) is 4.33. The van der Waals surface area contributed by atoms with Crippen LogP contribution in [-0.2, 0) is 19.0 Å². The number of hydrogen-bond donors (Lipinski definition) is 1. The molecule has 1 amide bonds. The third kappa shape index (κ3) is 6.50. The van der Waals surface area contributed by atoms with E-state index in [4.69, 9.17) is 14.2 Å². The Morgan fingerprint density at radius 1 is 1.05 bits per heavy atom. The first kappa shape index (κ1) is 27.9. The summed E-state index contributed by atoms with van der Waals surface area (Å²) in [6.45, 7) is 3.62. The van der Waals surface area contributed by atoms with Gasteiger partial charge in [0, 0.05) is 24.3 Å². The van der Waals surface area contributed by atoms with Crippen LogP contribution in [0, 0.1) is 11.7 Å². The second-order valence-electron chi connectivity index (χ2n) is 10.1. The Hall–Kier alpha value is -4.08. The molecule has 1 unspecified atom stereocenters. The van der Waals surface area contributed by atoms with Gasteiger partial charge in [-0.15, -0.1) is 0 Å². The lowest BCUT2D eigenvalue weighted by Gasteiger charge is -2.25. The summed E-state index contributed by atoms with van der Waals surface area (Å²) in [7, 11) is 1.45. The maximum Gasteiger partial charge on any atom is 0.422 e. The van der Waals surface area contributed by atoms with E-state index in [1.807, 2.05) is 0 Å². The Balaban J connectivity index is 1.79. The Morgan fingerprint density at radius 2 is 1.74 bits per heavy atom. The summed E-state index contributed by atoms with van der Waals surface area (Å²) in [4.78, 5) is 25.7. The van der Waals surface area contributed by atoms with Crippen LogP contribution in [0.5, 0.6) is 0 Å². The molecule has 0 aromatic heterocycles. The minimum Gasteiger partial charge on any atom is -0.484 e. The number of fused-ring (bicyclic) bond motifs is 1. The van der Waals surface area contributed by atoms with E-state index < -0.39 is 42.0 Å².